The third-order valence-electron chi connectivity index (χ3n) is 35.0. The largest absolute Gasteiger partial charge is 1.00 e. The topological polar surface area (TPSA) is 199 Å². The number of aliphatic hydroxyl groups is 3. The number of carbonyl (C=O) groups is 3. The number of nitrogens with zero attached hydrogens (tertiary/aromatic N) is 4. The molecule has 583 valence electrons. The summed E-state index contributed by atoms with van der Waals surface area (Å²) in [6.45, 7) is 52.6. The van der Waals surface area contributed by atoms with E-state index in [2.05, 4.69) is 117 Å². The van der Waals surface area contributed by atoms with Crippen LogP contribution < -0.4 is 29.6 Å². The summed E-state index contributed by atoms with van der Waals surface area (Å²) < 4.78 is 51.7. The first-order chi connectivity index (χ1) is 47.6. The van der Waals surface area contributed by atoms with E-state index in [9.17, 15) is 24.9 Å². The van der Waals surface area contributed by atoms with E-state index >= 15 is 4.79 Å². The maximum atomic E-state index is 15.1. The second-order valence-electron chi connectivity index (χ2n) is 41.5. The smallest absolute Gasteiger partial charge is 1.00 e. The van der Waals surface area contributed by atoms with Gasteiger partial charge >= 0.3 is 41.5 Å². The van der Waals surface area contributed by atoms with Crippen LogP contribution in [-0.2, 0) is 52.3 Å². The standard InChI is InChI=1S/C42H70N2O7.C42H68N2O7.B.Na.H/c2*1-24(2)44-20-27(21-44)43-17-18-48-32(22-43)51-31-13-14-41-23-42(41)16-15-39(9)33-25(3)19-28(36(38(7,8)47)49-26(4)45)50-34(33)35(46)40(39,10)30(42)12-11-29(41)37(31,5)6;;;/h24-25,27-36,46-47H,11-23H2,1-10H3;24-25,27-34,36,47H,11-23H2,1-10H3;;;/q;;;+1;-1/t25-,28?,29+,30?,31+,32+,33+,34?,35+,36+,39-,40-,41?,42+;25-,28?,29+,30?,31+,32+,33+,34?,36+,39-,40-,41?,42+;;;/m11.../s1. The minimum absolute atomic E-state index is 0. The number of Topliss-reactive ketones (excluding diaryl/α,β-unsaturated/α-hetero) is 1. The van der Waals surface area contributed by atoms with Gasteiger partial charge in [-0.05, 0) is 243 Å². The summed E-state index contributed by atoms with van der Waals surface area (Å²) in [5.41, 5.74) is -2.31. The zero-order chi connectivity index (χ0) is 73.4. The quantitative estimate of drug-likeness (QED) is 0.111. The Balaban J connectivity index is 0.000000192. The van der Waals surface area contributed by atoms with Gasteiger partial charge in [-0.2, -0.15) is 0 Å². The first-order valence-electron chi connectivity index (χ1n) is 41.4. The Morgan fingerprint density at radius 2 is 0.962 bits per heavy atom. The summed E-state index contributed by atoms with van der Waals surface area (Å²) in [6.07, 6.45) is 13.6. The van der Waals surface area contributed by atoms with Crippen LogP contribution in [0.5, 0.6) is 0 Å². The fourth-order valence-corrected chi connectivity index (χ4v) is 29.7. The number of fused-ring (bicyclic) bond motifs is 8. The molecule has 0 bridgehead atoms. The zero-order valence-electron chi connectivity index (χ0n) is 69.4. The second-order valence-corrected chi connectivity index (χ2v) is 41.5. The molecular formula is C84H139BN4NaO14. The molecule has 16 rings (SSSR count). The predicted molar refractivity (Wildman–Crippen MR) is 395 cm³/mol. The SMILES string of the molecule is CC(=O)O[C@@H](C1C[C@@H](C)[C@H]2C(O1)C(=O)[C@@]1(C)C3CC[C@H]4C(C)(C)[C@@H](O[C@H]5CN(C6CN(C(C)C)C6)CCO5)CCC45C[C@@]35CC[C@]21C)C(C)(C)O.CC(=O)O[C@@H](C1C[C@@H](C)[C@H]2C(O1)[C@H](O)[C@@]1(C)C3CC[C@H]4C(C)(C)[C@@H](O[C@H]5CN(C6CN(C(C)C)C6)CCO5)CCC45C[C@@]35CC[C@]21C)C(C)(C)O.[B].[H-].[Na+]. The molecule has 4 spiro atoms. The van der Waals surface area contributed by atoms with Gasteiger partial charge in [-0.1, -0.05) is 69.2 Å². The number of ether oxygens (including phenoxy) is 8. The van der Waals surface area contributed by atoms with Crippen LogP contribution in [0.2, 0.25) is 0 Å². The molecule has 20 heteroatoms. The van der Waals surface area contributed by atoms with E-state index in [0.29, 0.717) is 66.1 Å². The second kappa shape index (κ2) is 27.4. The Kier molecular flexibility index (Phi) is 21.4. The molecule has 3 N–H and O–H groups in total. The number of hydrogen-bond donors (Lipinski definition) is 3. The first kappa shape index (κ1) is 81.2. The summed E-state index contributed by atoms with van der Waals surface area (Å²) in [6, 6.07) is 2.46. The molecular weight excluding hydrogens is 1320 g/mol. The fraction of sp³-hybridized carbons (Fsp3) is 0.964. The molecule has 6 heterocycles. The van der Waals surface area contributed by atoms with Gasteiger partial charge in [0, 0.05) is 116 Å². The van der Waals surface area contributed by atoms with Crippen LogP contribution in [0, 0.1) is 101 Å². The van der Waals surface area contributed by atoms with E-state index in [1.165, 1.54) is 58.8 Å². The Morgan fingerprint density at radius 3 is 1.40 bits per heavy atom. The number of morpholine rings is 2. The molecule has 104 heavy (non-hydrogen) atoms. The third kappa shape index (κ3) is 12.0. The maximum absolute atomic E-state index is 15.1. The number of carbonyl (C=O) groups excluding carboxylic acids is 3. The number of hydrogen-bond acceptors (Lipinski definition) is 18. The van der Waals surface area contributed by atoms with Gasteiger partial charge in [0.15, 0.2) is 30.6 Å². The van der Waals surface area contributed by atoms with Crippen LogP contribution in [0.4, 0.5) is 0 Å². The van der Waals surface area contributed by atoms with E-state index < -0.39 is 65.2 Å². The predicted octanol–water partition coefficient (Wildman–Crippen LogP) is 8.22. The molecule has 10 saturated carbocycles. The molecule has 8 unspecified atom stereocenters. The Labute approximate surface area is 651 Å². The van der Waals surface area contributed by atoms with E-state index in [1.807, 2.05) is 0 Å². The molecule has 0 aromatic carbocycles. The van der Waals surface area contributed by atoms with Crippen molar-refractivity contribution in [1.29, 1.82) is 0 Å². The van der Waals surface area contributed by atoms with Crippen LogP contribution in [0.1, 0.15) is 243 Å². The zero-order valence-corrected chi connectivity index (χ0v) is 70.4. The van der Waals surface area contributed by atoms with E-state index in [4.69, 9.17) is 37.9 Å². The van der Waals surface area contributed by atoms with Crippen LogP contribution in [0.25, 0.3) is 0 Å². The van der Waals surface area contributed by atoms with Gasteiger partial charge in [0.1, 0.15) is 6.10 Å². The molecule has 0 aromatic rings. The number of esters is 2. The number of likely N-dealkylation sites (tertiary alicyclic amines) is 2. The third-order valence-corrected chi connectivity index (χ3v) is 35.0. The van der Waals surface area contributed by atoms with E-state index in [0.717, 1.165) is 111 Å². The molecule has 0 amide bonds. The van der Waals surface area contributed by atoms with Gasteiger partial charge in [-0.3, -0.25) is 34.0 Å². The van der Waals surface area contributed by atoms with Gasteiger partial charge in [0.25, 0.3) is 0 Å². The number of ketones is 1. The molecule has 6 aliphatic heterocycles. The minimum atomic E-state index is -1.28. The monoisotopic (exact) mass is 1460 g/mol. The van der Waals surface area contributed by atoms with Crippen molar-refractivity contribution >= 4 is 26.1 Å². The number of rotatable bonds is 14. The summed E-state index contributed by atoms with van der Waals surface area (Å²) in [7, 11) is 0. The van der Waals surface area contributed by atoms with Crippen LogP contribution >= 0.6 is 0 Å². The van der Waals surface area contributed by atoms with Gasteiger partial charge in [-0.15, -0.1) is 0 Å². The molecule has 16 fully saturated rings. The Bertz CT molecular complexity index is 3200. The maximum Gasteiger partial charge on any atom is 1.00 e. The molecule has 18 nitrogen and oxygen atoms in total. The molecule has 16 aliphatic rings. The van der Waals surface area contributed by atoms with Crippen LogP contribution in [-0.4, -0.2) is 230 Å². The van der Waals surface area contributed by atoms with Crippen molar-refractivity contribution in [2.24, 2.45) is 101 Å². The van der Waals surface area contributed by atoms with Gasteiger partial charge in [0.05, 0.1) is 61.0 Å². The van der Waals surface area contributed by atoms with Crippen molar-refractivity contribution < 1.29 is 98.6 Å². The summed E-state index contributed by atoms with van der Waals surface area (Å²) in [4.78, 5) is 49.6. The Hall–Kier alpha value is -0.845. The van der Waals surface area contributed by atoms with Gasteiger partial charge in [0.2, 0.25) is 0 Å². The summed E-state index contributed by atoms with van der Waals surface area (Å²) >= 11 is 0. The van der Waals surface area contributed by atoms with Gasteiger partial charge in [-0.25, -0.2) is 0 Å². The molecule has 3 radical (unpaired) electrons. The fourth-order valence-electron chi connectivity index (χ4n) is 29.7. The van der Waals surface area contributed by atoms with Crippen molar-refractivity contribution in [1.82, 2.24) is 19.6 Å². The normalized spacial score (nSPS) is 48.6. The van der Waals surface area contributed by atoms with Crippen LogP contribution in [0.3, 0.4) is 0 Å². The molecule has 0 aromatic heterocycles. The molecule has 6 saturated heterocycles. The molecule has 27 atom stereocenters. The van der Waals surface area contributed by atoms with Crippen molar-refractivity contribution in [2.75, 3.05) is 65.6 Å². The van der Waals surface area contributed by atoms with E-state index in [-0.39, 0.29) is 143 Å². The van der Waals surface area contributed by atoms with Crippen molar-refractivity contribution in [3.8, 4) is 0 Å². The van der Waals surface area contributed by atoms with Crippen molar-refractivity contribution in [3.05, 3.63) is 0 Å². The molecule has 10 aliphatic carbocycles. The van der Waals surface area contributed by atoms with E-state index in [1.54, 1.807) is 27.7 Å². The van der Waals surface area contributed by atoms with Gasteiger partial charge < -0.3 is 54.6 Å². The van der Waals surface area contributed by atoms with Crippen LogP contribution in [0.15, 0.2) is 0 Å². The first-order valence-corrected chi connectivity index (χ1v) is 41.4. The average Bonchev–Trinajstić information content (AvgIpc) is 1.46. The van der Waals surface area contributed by atoms with Crippen molar-refractivity contribution in [2.45, 2.75) is 344 Å². The number of aliphatic hydroxyl groups excluding tert-OH is 1. The average molecular weight is 1460 g/mol. The van der Waals surface area contributed by atoms with Crippen molar-refractivity contribution in [3.63, 3.8) is 0 Å². The summed E-state index contributed by atoms with van der Waals surface area (Å²) in [5.74, 6) is 2.24. The Morgan fingerprint density at radius 1 is 0.558 bits per heavy atom. The summed E-state index contributed by atoms with van der Waals surface area (Å²) in [5, 5.41) is 34.7. The minimum Gasteiger partial charge on any atom is -1.00 e.